The van der Waals surface area contributed by atoms with Gasteiger partial charge in [0.05, 0.1) is 6.10 Å². The van der Waals surface area contributed by atoms with Crippen LogP contribution in [0.3, 0.4) is 0 Å². The number of halogens is 2. The molecule has 1 rings (SSSR count). The van der Waals surface area contributed by atoms with Crippen LogP contribution >= 0.6 is 15.9 Å². The normalized spacial score (nSPS) is 14.9. The number of hydrogen-bond donors (Lipinski definition) is 1. The third-order valence-electron chi connectivity index (χ3n) is 1.84. The third-order valence-corrected chi connectivity index (χ3v) is 2.30. The van der Waals surface area contributed by atoms with Crippen LogP contribution in [0.5, 0.6) is 5.75 Å². The summed E-state index contributed by atoms with van der Waals surface area (Å²) in [4.78, 5) is 0. The van der Waals surface area contributed by atoms with Crippen molar-refractivity contribution in [1.29, 1.82) is 0 Å². The predicted octanol–water partition coefficient (Wildman–Crippen LogP) is 2.74. The standard InChI is InChI=1S/C10H12BrFO2/c1-6(13)7(2)14-10-4-8(11)3-9(12)5-10/h3-7,13H,1-2H3. The minimum Gasteiger partial charge on any atom is -0.488 e. The second kappa shape index (κ2) is 4.75. The molecule has 14 heavy (non-hydrogen) atoms. The lowest BCUT2D eigenvalue weighted by atomic mass is 10.2. The smallest absolute Gasteiger partial charge is 0.128 e. The van der Waals surface area contributed by atoms with E-state index in [0.29, 0.717) is 10.2 Å². The molecule has 1 N–H and O–H groups in total. The molecule has 0 saturated heterocycles. The maximum atomic E-state index is 12.9. The molecule has 4 heteroatoms. The van der Waals surface area contributed by atoms with E-state index < -0.39 is 6.10 Å². The van der Waals surface area contributed by atoms with Gasteiger partial charge in [0.25, 0.3) is 0 Å². The third kappa shape index (κ3) is 3.27. The summed E-state index contributed by atoms with van der Waals surface area (Å²) in [7, 11) is 0. The van der Waals surface area contributed by atoms with Crippen LogP contribution in [0.1, 0.15) is 13.8 Å². The van der Waals surface area contributed by atoms with Gasteiger partial charge in [-0.25, -0.2) is 4.39 Å². The highest BCUT2D eigenvalue weighted by Gasteiger charge is 2.11. The molecule has 1 aromatic carbocycles. The van der Waals surface area contributed by atoms with Crippen molar-refractivity contribution in [1.82, 2.24) is 0 Å². The highest BCUT2D eigenvalue weighted by Crippen LogP contribution is 2.21. The van der Waals surface area contributed by atoms with Gasteiger partial charge >= 0.3 is 0 Å². The fraction of sp³-hybridized carbons (Fsp3) is 0.400. The van der Waals surface area contributed by atoms with E-state index in [-0.39, 0.29) is 11.9 Å². The largest absolute Gasteiger partial charge is 0.488 e. The number of ether oxygens (including phenoxy) is 1. The van der Waals surface area contributed by atoms with Crippen LogP contribution in [0, 0.1) is 5.82 Å². The van der Waals surface area contributed by atoms with Crippen molar-refractivity contribution < 1.29 is 14.2 Å². The Balaban J connectivity index is 2.76. The first-order valence-corrected chi connectivity index (χ1v) is 5.09. The molecule has 0 spiro atoms. The quantitative estimate of drug-likeness (QED) is 0.908. The number of rotatable bonds is 3. The number of hydrogen-bond acceptors (Lipinski definition) is 2. The highest BCUT2D eigenvalue weighted by molar-refractivity contribution is 9.10. The van der Waals surface area contributed by atoms with E-state index in [1.807, 2.05) is 0 Å². The van der Waals surface area contributed by atoms with Gasteiger partial charge in [0.15, 0.2) is 0 Å². The molecule has 0 aliphatic heterocycles. The summed E-state index contributed by atoms with van der Waals surface area (Å²) in [5.41, 5.74) is 0. The van der Waals surface area contributed by atoms with Gasteiger partial charge in [-0.2, -0.15) is 0 Å². The van der Waals surface area contributed by atoms with Gasteiger partial charge in [-0.3, -0.25) is 0 Å². The molecule has 0 aliphatic rings. The molecule has 0 saturated carbocycles. The topological polar surface area (TPSA) is 29.5 Å². The van der Waals surface area contributed by atoms with Crippen molar-refractivity contribution in [2.24, 2.45) is 0 Å². The van der Waals surface area contributed by atoms with Crippen LogP contribution in [-0.4, -0.2) is 17.3 Å². The van der Waals surface area contributed by atoms with Crippen LogP contribution in [0.2, 0.25) is 0 Å². The Morgan fingerprint density at radius 3 is 2.50 bits per heavy atom. The zero-order valence-electron chi connectivity index (χ0n) is 8.00. The van der Waals surface area contributed by atoms with Crippen molar-refractivity contribution in [3.05, 3.63) is 28.5 Å². The maximum Gasteiger partial charge on any atom is 0.128 e. The SMILES string of the molecule is CC(O)C(C)Oc1cc(F)cc(Br)c1. The Morgan fingerprint density at radius 1 is 1.36 bits per heavy atom. The molecule has 2 nitrogen and oxygen atoms in total. The van der Waals surface area contributed by atoms with Gasteiger partial charge in [0.1, 0.15) is 17.7 Å². The molecule has 78 valence electrons. The average molecular weight is 263 g/mol. The van der Waals surface area contributed by atoms with Gasteiger partial charge in [-0.1, -0.05) is 15.9 Å². The van der Waals surface area contributed by atoms with E-state index in [2.05, 4.69) is 15.9 Å². The maximum absolute atomic E-state index is 12.9. The molecule has 0 aliphatic carbocycles. The Labute approximate surface area is 90.8 Å². The summed E-state index contributed by atoms with van der Waals surface area (Å²) >= 11 is 3.16. The van der Waals surface area contributed by atoms with Crippen LogP contribution in [0.15, 0.2) is 22.7 Å². The summed E-state index contributed by atoms with van der Waals surface area (Å²) in [5, 5.41) is 9.19. The Hall–Kier alpha value is -0.610. The molecule has 2 atom stereocenters. The minimum atomic E-state index is -0.586. The van der Waals surface area contributed by atoms with Crippen molar-refractivity contribution in [3.63, 3.8) is 0 Å². The molecular weight excluding hydrogens is 251 g/mol. The molecule has 2 unspecified atom stereocenters. The first-order valence-electron chi connectivity index (χ1n) is 4.30. The minimum absolute atomic E-state index is 0.358. The molecule has 0 amide bonds. The molecule has 0 bridgehead atoms. The van der Waals surface area contributed by atoms with E-state index in [0.717, 1.165) is 0 Å². The molecular formula is C10H12BrFO2. The summed E-state index contributed by atoms with van der Waals surface area (Å²) in [6.45, 7) is 3.35. The van der Waals surface area contributed by atoms with Gasteiger partial charge in [0.2, 0.25) is 0 Å². The van der Waals surface area contributed by atoms with Crippen LogP contribution < -0.4 is 4.74 Å². The molecule has 0 aromatic heterocycles. The number of aliphatic hydroxyl groups excluding tert-OH is 1. The lowest BCUT2D eigenvalue weighted by molar-refractivity contribution is 0.0602. The number of aliphatic hydroxyl groups is 1. The highest BCUT2D eigenvalue weighted by atomic mass is 79.9. The molecule has 0 heterocycles. The predicted molar refractivity (Wildman–Crippen MR) is 55.9 cm³/mol. The first kappa shape index (κ1) is 11.5. The second-order valence-corrected chi connectivity index (χ2v) is 4.08. The van der Waals surface area contributed by atoms with E-state index in [4.69, 9.17) is 4.74 Å². The molecule has 0 radical (unpaired) electrons. The summed E-state index contributed by atoms with van der Waals surface area (Å²) in [6, 6.07) is 4.28. The van der Waals surface area contributed by atoms with Crippen LogP contribution in [0.4, 0.5) is 4.39 Å². The summed E-state index contributed by atoms with van der Waals surface area (Å²) in [6.07, 6.45) is -0.944. The first-order chi connectivity index (χ1) is 6.49. The monoisotopic (exact) mass is 262 g/mol. The van der Waals surface area contributed by atoms with Crippen molar-refractivity contribution in [3.8, 4) is 5.75 Å². The van der Waals surface area contributed by atoms with E-state index in [1.165, 1.54) is 12.1 Å². The zero-order chi connectivity index (χ0) is 10.7. The lowest BCUT2D eigenvalue weighted by Gasteiger charge is -2.17. The van der Waals surface area contributed by atoms with Gasteiger partial charge in [0, 0.05) is 10.5 Å². The van der Waals surface area contributed by atoms with Gasteiger partial charge in [-0.05, 0) is 26.0 Å². The molecule has 1 aromatic rings. The Kier molecular flexibility index (Phi) is 3.89. The fourth-order valence-electron chi connectivity index (χ4n) is 0.910. The van der Waals surface area contributed by atoms with Crippen LogP contribution in [0.25, 0.3) is 0 Å². The fourth-order valence-corrected chi connectivity index (χ4v) is 1.35. The molecule has 0 fully saturated rings. The zero-order valence-corrected chi connectivity index (χ0v) is 9.58. The Bertz CT molecular complexity index is 295. The number of benzene rings is 1. The second-order valence-electron chi connectivity index (χ2n) is 3.17. The van der Waals surface area contributed by atoms with E-state index >= 15 is 0 Å². The van der Waals surface area contributed by atoms with Crippen molar-refractivity contribution >= 4 is 15.9 Å². The average Bonchev–Trinajstić information content (AvgIpc) is 2.01. The van der Waals surface area contributed by atoms with Gasteiger partial charge in [-0.15, -0.1) is 0 Å². The summed E-state index contributed by atoms with van der Waals surface area (Å²) < 4.78 is 18.8. The van der Waals surface area contributed by atoms with Gasteiger partial charge < -0.3 is 9.84 Å². The summed E-state index contributed by atoms with van der Waals surface area (Å²) in [5.74, 6) is 0.0393. The van der Waals surface area contributed by atoms with E-state index in [9.17, 15) is 9.50 Å². The lowest BCUT2D eigenvalue weighted by Crippen LogP contribution is -2.25. The Morgan fingerprint density at radius 2 is 2.00 bits per heavy atom. The van der Waals surface area contributed by atoms with Crippen molar-refractivity contribution in [2.75, 3.05) is 0 Å². The van der Waals surface area contributed by atoms with E-state index in [1.54, 1.807) is 19.9 Å². The van der Waals surface area contributed by atoms with Crippen molar-refractivity contribution in [2.45, 2.75) is 26.1 Å². The van der Waals surface area contributed by atoms with Crippen LogP contribution in [-0.2, 0) is 0 Å².